The monoisotopic (exact) mass is 393 g/mol. The zero-order chi connectivity index (χ0) is 19.8. The van der Waals surface area contributed by atoms with Gasteiger partial charge in [-0.25, -0.2) is 19.1 Å². The van der Waals surface area contributed by atoms with Crippen molar-refractivity contribution in [1.82, 2.24) is 14.5 Å². The Balaban J connectivity index is 1.93. The molecule has 0 aliphatic carbocycles. The van der Waals surface area contributed by atoms with Crippen LogP contribution < -0.4 is 0 Å². The van der Waals surface area contributed by atoms with E-state index in [9.17, 15) is 9.59 Å². The largest absolute Gasteiger partial charge is 0.452 e. The Kier molecular flexibility index (Phi) is 5.33. The Morgan fingerprint density at radius 3 is 2.67 bits per heavy atom. The van der Waals surface area contributed by atoms with Crippen LogP contribution in [0.25, 0.3) is 11.0 Å². The number of piperidine rings is 1. The van der Waals surface area contributed by atoms with Crippen molar-refractivity contribution in [2.45, 2.75) is 45.1 Å². The summed E-state index contributed by atoms with van der Waals surface area (Å²) in [6.07, 6.45) is 2.66. The number of amides is 1. The molecule has 1 saturated heterocycles. The number of aromatic nitrogens is 2. The van der Waals surface area contributed by atoms with E-state index in [4.69, 9.17) is 21.1 Å². The number of carbonyl (C=O) groups excluding carboxylic acids is 2. The molecule has 0 aromatic carbocycles. The molecule has 1 atom stereocenters. The second-order valence-corrected chi connectivity index (χ2v) is 8.08. The highest BCUT2D eigenvalue weighted by molar-refractivity contribution is 6.29. The Morgan fingerprint density at radius 1 is 1.26 bits per heavy atom. The summed E-state index contributed by atoms with van der Waals surface area (Å²) in [5.41, 5.74) is 0.873. The van der Waals surface area contributed by atoms with E-state index in [0.29, 0.717) is 23.9 Å². The van der Waals surface area contributed by atoms with Crippen molar-refractivity contribution in [2.24, 2.45) is 0 Å². The number of ether oxygens (including phenoxy) is 2. The second-order valence-electron chi connectivity index (χ2n) is 7.70. The molecule has 8 heteroatoms. The molecule has 2 aromatic heterocycles. The molecule has 1 aliphatic heterocycles. The highest BCUT2D eigenvalue weighted by atomic mass is 35.5. The first kappa shape index (κ1) is 19.5. The summed E-state index contributed by atoms with van der Waals surface area (Å²) in [5, 5.41) is 1.14. The highest BCUT2D eigenvalue weighted by Gasteiger charge is 2.30. The van der Waals surface area contributed by atoms with E-state index in [1.165, 1.54) is 11.7 Å². The fraction of sp³-hybridized carbons (Fsp3) is 0.526. The van der Waals surface area contributed by atoms with E-state index in [1.54, 1.807) is 17.2 Å². The van der Waals surface area contributed by atoms with Crippen molar-refractivity contribution in [3.8, 4) is 0 Å². The lowest BCUT2D eigenvalue weighted by atomic mass is 9.91. The average molecular weight is 394 g/mol. The lowest BCUT2D eigenvalue weighted by molar-refractivity contribution is 0.0198. The Morgan fingerprint density at radius 2 is 2.00 bits per heavy atom. The van der Waals surface area contributed by atoms with E-state index < -0.39 is 11.7 Å². The smallest absolute Gasteiger partial charge is 0.419 e. The standard InChI is InChI=1S/C19H24ClN3O4/c1-19(2,3)27-17(24)22-9-5-6-12(10-22)14-11-23(18(25)26-4)16-13(14)7-8-15(20)21-16/h7-8,11-12H,5-6,9-10H2,1-4H3. The predicted molar refractivity (Wildman–Crippen MR) is 102 cm³/mol. The van der Waals surface area contributed by atoms with Crippen molar-refractivity contribution in [3.05, 3.63) is 29.0 Å². The van der Waals surface area contributed by atoms with Crippen LogP contribution in [0.15, 0.2) is 18.3 Å². The minimum absolute atomic E-state index is 0.0719. The van der Waals surface area contributed by atoms with Crippen molar-refractivity contribution in [2.75, 3.05) is 20.2 Å². The number of carbonyl (C=O) groups is 2. The van der Waals surface area contributed by atoms with Crippen LogP contribution in [0.5, 0.6) is 0 Å². The van der Waals surface area contributed by atoms with Gasteiger partial charge in [-0.1, -0.05) is 11.6 Å². The molecular weight excluding hydrogens is 370 g/mol. The number of halogens is 1. The van der Waals surface area contributed by atoms with Gasteiger partial charge in [-0.05, 0) is 51.3 Å². The van der Waals surface area contributed by atoms with Crippen molar-refractivity contribution in [3.63, 3.8) is 0 Å². The molecule has 3 heterocycles. The van der Waals surface area contributed by atoms with Gasteiger partial charge in [0.15, 0.2) is 5.65 Å². The third-order valence-corrected chi connectivity index (χ3v) is 4.74. The summed E-state index contributed by atoms with van der Waals surface area (Å²) >= 11 is 6.01. The van der Waals surface area contributed by atoms with E-state index in [-0.39, 0.29) is 12.0 Å². The molecule has 7 nitrogen and oxygen atoms in total. The second kappa shape index (κ2) is 7.38. The van der Waals surface area contributed by atoms with Gasteiger partial charge in [0.2, 0.25) is 0 Å². The normalized spacial score (nSPS) is 17.8. The molecule has 0 spiro atoms. The molecule has 27 heavy (non-hydrogen) atoms. The number of fused-ring (bicyclic) bond motifs is 1. The zero-order valence-corrected chi connectivity index (χ0v) is 16.7. The summed E-state index contributed by atoms with van der Waals surface area (Å²) in [5.74, 6) is 0.0719. The number of pyridine rings is 1. The van der Waals surface area contributed by atoms with Crippen LogP contribution in [0.1, 0.15) is 45.1 Å². The minimum atomic E-state index is -0.536. The quantitative estimate of drug-likeness (QED) is 0.670. The van der Waals surface area contributed by atoms with Gasteiger partial charge in [0.1, 0.15) is 10.8 Å². The third-order valence-electron chi connectivity index (χ3n) is 4.53. The predicted octanol–water partition coefficient (Wildman–Crippen LogP) is 4.42. The Labute approximate surface area is 163 Å². The number of likely N-dealkylation sites (tertiary alicyclic amines) is 1. The van der Waals surface area contributed by atoms with Gasteiger partial charge in [0, 0.05) is 30.6 Å². The van der Waals surface area contributed by atoms with Crippen LogP contribution >= 0.6 is 11.6 Å². The number of methoxy groups -OCH3 is 1. The third kappa shape index (κ3) is 4.18. The van der Waals surface area contributed by atoms with E-state index in [2.05, 4.69) is 4.98 Å². The fourth-order valence-corrected chi connectivity index (χ4v) is 3.53. The lowest BCUT2D eigenvalue weighted by Gasteiger charge is -2.34. The molecule has 146 valence electrons. The molecular formula is C19H24ClN3O4. The first-order valence-electron chi connectivity index (χ1n) is 8.93. The fourth-order valence-electron chi connectivity index (χ4n) is 3.39. The molecule has 1 unspecified atom stereocenters. The van der Waals surface area contributed by atoms with Gasteiger partial charge in [-0.3, -0.25) is 0 Å². The number of hydrogen-bond donors (Lipinski definition) is 0. The van der Waals surface area contributed by atoms with Crippen LogP contribution in [-0.2, 0) is 9.47 Å². The number of hydrogen-bond acceptors (Lipinski definition) is 5. The van der Waals surface area contributed by atoms with Crippen LogP contribution in [0.3, 0.4) is 0 Å². The maximum Gasteiger partial charge on any atom is 0.419 e. The van der Waals surface area contributed by atoms with Crippen LogP contribution in [-0.4, -0.2) is 52.4 Å². The molecule has 3 rings (SSSR count). The number of nitrogens with zero attached hydrogens (tertiary/aromatic N) is 3. The molecule has 2 aromatic rings. The van der Waals surface area contributed by atoms with Crippen molar-refractivity contribution >= 4 is 34.8 Å². The molecule has 1 amide bonds. The summed E-state index contributed by atoms with van der Waals surface area (Å²) in [7, 11) is 1.32. The number of rotatable bonds is 1. The Bertz CT molecular complexity index is 872. The molecule has 1 aliphatic rings. The minimum Gasteiger partial charge on any atom is -0.452 e. The van der Waals surface area contributed by atoms with Crippen molar-refractivity contribution in [1.29, 1.82) is 0 Å². The maximum atomic E-state index is 12.5. The highest BCUT2D eigenvalue weighted by Crippen LogP contribution is 2.34. The summed E-state index contributed by atoms with van der Waals surface area (Å²) in [4.78, 5) is 30.6. The SMILES string of the molecule is COC(=O)n1cc(C2CCCN(C(=O)OC(C)(C)C)C2)c2ccc(Cl)nc21. The van der Waals surface area contributed by atoms with Crippen LogP contribution in [0.4, 0.5) is 9.59 Å². The molecule has 0 saturated carbocycles. The van der Waals surface area contributed by atoms with Crippen LogP contribution in [0.2, 0.25) is 5.15 Å². The Hall–Kier alpha value is -2.28. The van der Waals surface area contributed by atoms with Gasteiger partial charge in [0.25, 0.3) is 0 Å². The van der Waals surface area contributed by atoms with E-state index in [0.717, 1.165) is 23.8 Å². The van der Waals surface area contributed by atoms with Crippen LogP contribution in [0, 0.1) is 0 Å². The molecule has 0 bridgehead atoms. The summed E-state index contributed by atoms with van der Waals surface area (Å²) < 4.78 is 11.7. The van der Waals surface area contributed by atoms with Gasteiger partial charge in [-0.15, -0.1) is 0 Å². The van der Waals surface area contributed by atoms with E-state index in [1.807, 2.05) is 26.8 Å². The molecule has 0 radical (unpaired) electrons. The topological polar surface area (TPSA) is 73.7 Å². The summed E-state index contributed by atoms with van der Waals surface area (Å²) in [6.45, 7) is 6.74. The molecule has 0 N–H and O–H groups in total. The maximum absolute atomic E-state index is 12.5. The van der Waals surface area contributed by atoms with Gasteiger partial charge in [-0.2, -0.15) is 0 Å². The molecule has 1 fully saturated rings. The summed E-state index contributed by atoms with van der Waals surface area (Å²) in [6, 6.07) is 3.55. The van der Waals surface area contributed by atoms with Gasteiger partial charge < -0.3 is 14.4 Å². The lowest BCUT2D eigenvalue weighted by Crippen LogP contribution is -2.42. The van der Waals surface area contributed by atoms with Gasteiger partial charge in [0.05, 0.1) is 7.11 Å². The average Bonchev–Trinajstić information content (AvgIpc) is 2.98. The first-order chi connectivity index (χ1) is 12.7. The zero-order valence-electron chi connectivity index (χ0n) is 16.0. The van der Waals surface area contributed by atoms with E-state index >= 15 is 0 Å². The van der Waals surface area contributed by atoms with Gasteiger partial charge >= 0.3 is 12.2 Å². The van der Waals surface area contributed by atoms with Crippen molar-refractivity contribution < 1.29 is 19.1 Å². The first-order valence-corrected chi connectivity index (χ1v) is 9.31.